The summed E-state index contributed by atoms with van der Waals surface area (Å²) in [4.78, 5) is 26.9. The molecule has 0 aromatic heterocycles. The summed E-state index contributed by atoms with van der Waals surface area (Å²) < 4.78 is 5.56. The van der Waals surface area contributed by atoms with E-state index in [1.54, 1.807) is 4.90 Å². The van der Waals surface area contributed by atoms with E-state index in [1.807, 2.05) is 31.2 Å². The Morgan fingerprint density at radius 1 is 1.39 bits per heavy atom. The monoisotopic (exact) mass is 316 g/mol. The van der Waals surface area contributed by atoms with E-state index < -0.39 is 6.04 Å². The van der Waals surface area contributed by atoms with Crippen LogP contribution in [0.15, 0.2) is 24.3 Å². The number of benzene rings is 1. The van der Waals surface area contributed by atoms with Gasteiger partial charge in [0.15, 0.2) is 0 Å². The van der Waals surface area contributed by atoms with Gasteiger partial charge in [0, 0.05) is 19.7 Å². The van der Waals surface area contributed by atoms with Crippen molar-refractivity contribution in [2.75, 3.05) is 19.7 Å². The minimum absolute atomic E-state index is 0.0304. The first-order valence-corrected chi connectivity index (χ1v) is 8.47. The molecule has 2 heterocycles. The summed E-state index contributed by atoms with van der Waals surface area (Å²) in [6.45, 7) is 3.92. The number of rotatable bonds is 5. The molecule has 0 spiro atoms. The van der Waals surface area contributed by atoms with Crippen LogP contribution >= 0.6 is 0 Å². The number of hydrogen-bond acceptors (Lipinski definition) is 3. The van der Waals surface area contributed by atoms with Gasteiger partial charge in [0.05, 0.1) is 12.5 Å². The second-order valence-corrected chi connectivity index (χ2v) is 6.25. The van der Waals surface area contributed by atoms with Crippen molar-refractivity contribution < 1.29 is 14.3 Å². The van der Waals surface area contributed by atoms with Crippen molar-refractivity contribution in [2.24, 2.45) is 0 Å². The van der Waals surface area contributed by atoms with Crippen molar-refractivity contribution in [2.45, 2.75) is 44.8 Å². The Balaban J connectivity index is 1.79. The molecule has 1 N–H and O–H groups in total. The molecule has 0 radical (unpaired) electrons. The summed E-state index contributed by atoms with van der Waals surface area (Å²) in [7, 11) is 0. The Labute approximate surface area is 137 Å². The predicted molar refractivity (Wildman–Crippen MR) is 86.9 cm³/mol. The molecule has 2 aliphatic rings. The zero-order chi connectivity index (χ0) is 16.2. The lowest BCUT2D eigenvalue weighted by atomic mass is 9.91. The predicted octanol–water partition coefficient (Wildman–Crippen LogP) is 1.82. The molecule has 124 valence electrons. The number of nitrogens with zero attached hydrogens (tertiary/aromatic N) is 1. The zero-order valence-corrected chi connectivity index (χ0v) is 13.6. The van der Waals surface area contributed by atoms with Gasteiger partial charge in [0.2, 0.25) is 11.8 Å². The number of carbonyl (C=O) groups excluding carboxylic acids is 2. The molecule has 0 bridgehead atoms. The number of amides is 2. The fourth-order valence-electron chi connectivity index (χ4n) is 3.43. The second kappa shape index (κ2) is 7.13. The molecule has 2 aliphatic heterocycles. The summed E-state index contributed by atoms with van der Waals surface area (Å²) in [5.74, 6) is -0.0720. The van der Waals surface area contributed by atoms with E-state index in [-0.39, 0.29) is 17.9 Å². The van der Waals surface area contributed by atoms with E-state index in [1.165, 1.54) is 0 Å². The van der Waals surface area contributed by atoms with Crippen LogP contribution in [0.2, 0.25) is 0 Å². The summed E-state index contributed by atoms with van der Waals surface area (Å²) in [5.41, 5.74) is 1.91. The van der Waals surface area contributed by atoms with E-state index in [9.17, 15) is 9.59 Å². The van der Waals surface area contributed by atoms with Crippen molar-refractivity contribution in [3.8, 4) is 0 Å². The zero-order valence-electron chi connectivity index (χ0n) is 13.6. The maximum absolute atomic E-state index is 12.8. The maximum atomic E-state index is 12.8. The highest BCUT2D eigenvalue weighted by Crippen LogP contribution is 2.30. The molecule has 23 heavy (non-hydrogen) atoms. The molecule has 0 aliphatic carbocycles. The normalized spacial score (nSPS) is 23.7. The first-order chi connectivity index (χ1) is 11.2. The van der Waals surface area contributed by atoms with Crippen molar-refractivity contribution in [1.29, 1.82) is 0 Å². The van der Waals surface area contributed by atoms with E-state index >= 15 is 0 Å². The molecule has 1 fully saturated rings. The number of nitrogens with one attached hydrogen (secondary N) is 1. The van der Waals surface area contributed by atoms with Crippen LogP contribution in [-0.2, 0) is 20.7 Å². The number of fused-ring (bicyclic) bond motifs is 1. The minimum atomic E-state index is -0.520. The quantitative estimate of drug-likeness (QED) is 0.901. The first-order valence-electron chi connectivity index (χ1n) is 8.47. The van der Waals surface area contributed by atoms with E-state index in [0.29, 0.717) is 19.5 Å². The summed E-state index contributed by atoms with van der Waals surface area (Å²) in [5, 5.41) is 2.99. The number of ether oxygens (including phenoxy) is 1. The summed E-state index contributed by atoms with van der Waals surface area (Å²) >= 11 is 0. The van der Waals surface area contributed by atoms with Crippen LogP contribution in [0.25, 0.3) is 0 Å². The highest BCUT2D eigenvalue weighted by molar-refractivity contribution is 5.92. The van der Waals surface area contributed by atoms with Crippen LogP contribution in [0, 0.1) is 0 Å². The molecule has 2 amide bonds. The fourth-order valence-corrected chi connectivity index (χ4v) is 3.43. The molecule has 2 atom stereocenters. The van der Waals surface area contributed by atoms with E-state index in [0.717, 1.165) is 37.0 Å². The van der Waals surface area contributed by atoms with Crippen molar-refractivity contribution in [3.63, 3.8) is 0 Å². The van der Waals surface area contributed by atoms with Crippen LogP contribution in [0.5, 0.6) is 0 Å². The van der Waals surface area contributed by atoms with Crippen molar-refractivity contribution in [1.82, 2.24) is 10.2 Å². The average molecular weight is 316 g/mol. The van der Waals surface area contributed by atoms with Crippen LogP contribution in [0.1, 0.15) is 43.4 Å². The molecular weight excluding hydrogens is 292 g/mol. The van der Waals surface area contributed by atoms with Gasteiger partial charge < -0.3 is 15.0 Å². The highest BCUT2D eigenvalue weighted by atomic mass is 16.5. The largest absolute Gasteiger partial charge is 0.376 e. The Hall–Kier alpha value is -1.88. The molecule has 5 nitrogen and oxygen atoms in total. The van der Waals surface area contributed by atoms with Gasteiger partial charge in [-0.05, 0) is 30.4 Å². The Bertz CT molecular complexity index is 581. The molecular formula is C18H24N2O3. The van der Waals surface area contributed by atoms with Crippen LogP contribution in [0.3, 0.4) is 0 Å². The fraction of sp³-hybridized carbons (Fsp3) is 0.556. The van der Waals surface area contributed by atoms with Crippen LogP contribution < -0.4 is 5.32 Å². The third-order valence-electron chi connectivity index (χ3n) is 4.56. The van der Waals surface area contributed by atoms with Crippen LogP contribution in [-0.4, -0.2) is 42.5 Å². The Morgan fingerprint density at radius 2 is 2.22 bits per heavy atom. The third-order valence-corrected chi connectivity index (χ3v) is 4.56. The lowest BCUT2D eigenvalue weighted by Crippen LogP contribution is -2.48. The molecule has 3 rings (SSSR count). The summed E-state index contributed by atoms with van der Waals surface area (Å²) in [6.07, 6.45) is 3.36. The SMILES string of the molecule is CCCN1C(=O)Cc2ccccc2[C@H]1C(=O)NC[C@@H]1CCCO1. The van der Waals surface area contributed by atoms with Gasteiger partial charge in [0.1, 0.15) is 6.04 Å². The van der Waals surface area contributed by atoms with Gasteiger partial charge in [0.25, 0.3) is 0 Å². The van der Waals surface area contributed by atoms with Crippen LogP contribution in [0.4, 0.5) is 0 Å². The summed E-state index contributed by atoms with van der Waals surface area (Å²) in [6, 6.07) is 7.23. The molecule has 0 saturated carbocycles. The van der Waals surface area contributed by atoms with Gasteiger partial charge >= 0.3 is 0 Å². The molecule has 1 saturated heterocycles. The Morgan fingerprint density at radius 3 is 2.96 bits per heavy atom. The second-order valence-electron chi connectivity index (χ2n) is 6.25. The van der Waals surface area contributed by atoms with Gasteiger partial charge in [-0.3, -0.25) is 9.59 Å². The number of hydrogen-bond donors (Lipinski definition) is 1. The van der Waals surface area contributed by atoms with E-state index in [2.05, 4.69) is 5.32 Å². The lowest BCUT2D eigenvalue weighted by molar-refractivity contribution is -0.141. The van der Waals surface area contributed by atoms with E-state index in [4.69, 9.17) is 4.74 Å². The van der Waals surface area contributed by atoms with Gasteiger partial charge in [-0.15, -0.1) is 0 Å². The highest BCUT2D eigenvalue weighted by Gasteiger charge is 2.36. The Kier molecular flexibility index (Phi) is 4.96. The molecule has 5 heteroatoms. The molecule has 0 unspecified atom stereocenters. The molecule has 1 aromatic carbocycles. The van der Waals surface area contributed by atoms with Crippen molar-refractivity contribution >= 4 is 11.8 Å². The lowest BCUT2D eigenvalue weighted by Gasteiger charge is -2.36. The topological polar surface area (TPSA) is 58.6 Å². The van der Waals surface area contributed by atoms with Crippen molar-refractivity contribution in [3.05, 3.63) is 35.4 Å². The smallest absolute Gasteiger partial charge is 0.247 e. The standard InChI is InChI=1S/C18H24N2O3/c1-2-9-20-16(21)11-13-6-3-4-8-15(13)17(20)18(22)19-12-14-7-5-10-23-14/h3-4,6,8,14,17H,2,5,7,9-12H2,1H3,(H,19,22)/t14-,17-/m0/s1. The molecule has 1 aromatic rings. The third kappa shape index (κ3) is 3.39. The number of carbonyl (C=O) groups is 2. The first kappa shape index (κ1) is 16.0. The average Bonchev–Trinajstić information content (AvgIpc) is 3.07. The van der Waals surface area contributed by atoms with Gasteiger partial charge in [-0.25, -0.2) is 0 Å². The van der Waals surface area contributed by atoms with Gasteiger partial charge in [-0.2, -0.15) is 0 Å². The minimum Gasteiger partial charge on any atom is -0.376 e. The van der Waals surface area contributed by atoms with Gasteiger partial charge in [-0.1, -0.05) is 31.2 Å². The maximum Gasteiger partial charge on any atom is 0.247 e.